The number of halogens is 3. The summed E-state index contributed by atoms with van der Waals surface area (Å²) in [5, 5.41) is 6.30. The summed E-state index contributed by atoms with van der Waals surface area (Å²) in [7, 11) is 3.13. The molecule has 0 bridgehead atoms. The molecule has 1 atom stereocenters. The topological polar surface area (TPSA) is 85.9 Å². The van der Waals surface area contributed by atoms with Crippen LogP contribution in [0.5, 0.6) is 0 Å². The van der Waals surface area contributed by atoms with Crippen molar-refractivity contribution in [2.45, 2.75) is 25.1 Å². The second-order valence-corrected chi connectivity index (χ2v) is 6.64. The SMILES string of the molecule is CN(C)C(=O)c1cc(-c2nc(NC3CCCNC3)ncc2C(F)(F)F)c[nH]1. The third-order valence-corrected chi connectivity index (χ3v) is 4.32. The first-order valence-corrected chi connectivity index (χ1v) is 8.57. The van der Waals surface area contributed by atoms with E-state index in [0.29, 0.717) is 6.54 Å². The number of amides is 1. The van der Waals surface area contributed by atoms with Crippen LogP contribution in [0.3, 0.4) is 0 Å². The Labute approximate surface area is 154 Å². The van der Waals surface area contributed by atoms with E-state index >= 15 is 0 Å². The zero-order valence-corrected chi connectivity index (χ0v) is 15.0. The first-order valence-electron chi connectivity index (χ1n) is 8.57. The molecule has 1 fully saturated rings. The van der Waals surface area contributed by atoms with Gasteiger partial charge in [-0.3, -0.25) is 4.79 Å². The van der Waals surface area contributed by atoms with Gasteiger partial charge in [-0.25, -0.2) is 9.97 Å². The van der Waals surface area contributed by atoms with E-state index in [2.05, 4.69) is 25.6 Å². The van der Waals surface area contributed by atoms with Gasteiger partial charge >= 0.3 is 6.18 Å². The lowest BCUT2D eigenvalue weighted by molar-refractivity contribution is -0.137. The van der Waals surface area contributed by atoms with Crippen LogP contribution in [0, 0.1) is 0 Å². The third-order valence-electron chi connectivity index (χ3n) is 4.32. The Balaban J connectivity index is 1.95. The summed E-state index contributed by atoms with van der Waals surface area (Å²) < 4.78 is 40.3. The fourth-order valence-corrected chi connectivity index (χ4v) is 2.93. The Morgan fingerprint density at radius 3 is 2.78 bits per heavy atom. The van der Waals surface area contributed by atoms with E-state index < -0.39 is 11.7 Å². The smallest absolute Gasteiger partial charge is 0.357 e. The number of aromatic amines is 1. The molecule has 3 heterocycles. The molecule has 0 radical (unpaired) electrons. The molecule has 7 nitrogen and oxygen atoms in total. The van der Waals surface area contributed by atoms with Gasteiger partial charge in [0.25, 0.3) is 5.91 Å². The largest absolute Gasteiger partial charge is 0.419 e. The molecule has 27 heavy (non-hydrogen) atoms. The van der Waals surface area contributed by atoms with E-state index in [9.17, 15) is 18.0 Å². The van der Waals surface area contributed by atoms with Gasteiger partial charge in [0.1, 0.15) is 11.3 Å². The molecule has 0 aromatic carbocycles. The van der Waals surface area contributed by atoms with Crippen molar-refractivity contribution in [1.82, 2.24) is 25.2 Å². The quantitative estimate of drug-likeness (QED) is 0.756. The number of aromatic nitrogens is 3. The number of anilines is 1. The standard InChI is InChI=1S/C17H21F3N6O/c1-26(2)15(27)13-6-10(7-22-13)14-12(17(18,19)20)9-23-16(25-14)24-11-4-3-5-21-8-11/h6-7,9,11,21-22H,3-5,8H2,1-2H3,(H,23,24,25). The first kappa shape index (κ1) is 19.2. The number of hydrogen-bond donors (Lipinski definition) is 3. The molecular formula is C17H21F3N6O. The zero-order valence-electron chi connectivity index (χ0n) is 15.0. The number of alkyl halides is 3. The van der Waals surface area contributed by atoms with E-state index in [0.717, 1.165) is 25.6 Å². The summed E-state index contributed by atoms with van der Waals surface area (Å²) in [5.74, 6) is -0.205. The lowest BCUT2D eigenvalue weighted by atomic mass is 10.1. The van der Waals surface area contributed by atoms with Gasteiger partial charge in [-0.15, -0.1) is 0 Å². The van der Waals surface area contributed by atoms with Gasteiger partial charge in [-0.1, -0.05) is 0 Å². The molecule has 146 valence electrons. The molecule has 2 aromatic rings. The van der Waals surface area contributed by atoms with Crippen LogP contribution in [0.25, 0.3) is 11.3 Å². The van der Waals surface area contributed by atoms with Crippen LogP contribution in [-0.2, 0) is 6.18 Å². The van der Waals surface area contributed by atoms with Crippen LogP contribution >= 0.6 is 0 Å². The van der Waals surface area contributed by atoms with Crippen molar-refractivity contribution in [2.75, 3.05) is 32.5 Å². The molecule has 2 aromatic heterocycles. The Hall–Kier alpha value is -2.62. The van der Waals surface area contributed by atoms with E-state index in [1.807, 2.05) is 0 Å². The average Bonchev–Trinajstić information content (AvgIpc) is 3.11. The maximum absolute atomic E-state index is 13.4. The summed E-state index contributed by atoms with van der Waals surface area (Å²) >= 11 is 0. The molecule has 1 aliphatic rings. The molecule has 1 unspecified atom stereocenters. The lowest BCUT2D eigenvalue weighted by Gasteiger charge is -2.24. The first-order chi connectivity index (χ1) is 12.8. The molecular weight excluding hydrogens is 361 g/mol. The molecule has 1 saturated heterocycles. The Morgan fingerprint density at radius 2 is 2.15 bits per heavy atom. The van der Waals surface area contributed by atoms with Crippen molar-refractivity contribution in [3.63, 3.8) is 0 Å². The van der Waals surface area contributed by atoms with Crippen molar-refractivity contribution >= 4 is 11.9 Å². The van der Waals surface area contributed by atoms with Gasteiger partial charge in [0.15, 0.2) is 0 Å². The van der Waals surface area contributed by atoms with Crippen LogP contribution in [0.2, 0.25) is 0 Å². The molecule has 0 aliphatic carbocycles. The van der Waals surface area contributed by atoms with E-state index in [4.69, 9.17) is 0 Å². The molecule has 1 aliphatic heterocycles. The van der Waals surface area contributed by atoms with Gasteiger partial charge < -0.3 is 20.5 Å². The molecule has 10 heteroatoms. The van der Waals surface area contributed by atoms with Gasteiger partial charge in [-0.2, -0.15) is 13.2 Å². The number of piperidine rings is 1. The van der Waals surface area contributed by atoms with Crippen molar-refractivity contribution in [3.05, 3.63) is 29.7 Å². The monoisotopic (exact) mass is 382 g/mol. The number of hydrogen-bond acceptors (Lipinski definition) is 5. The summed E-state index contributed by atoms with van der Waals surface area (Å²) in [6.45, 7) is 1.62. The van der Waals surface area contributed by atoms with Crippen molar-refractivity contribution in [1.29, 1.82) is 0 Å². The van der Waals surface area contributed by atoms with E-state index in [-0.39, 0.29) is 34.8 Å². The van der Waals surface area contributed by atoms with Gasteiger partial charge in [0.05, 0.1) is 5.69 Å². The average molecular weight is 382 g/mol. The van der Waals surface area contributed by atoms with Gasteiger partial charge in [-0.05, 0) is 25.5 Å². The third kappa shape index (κ3) is 4.38. The lowest BCUT2D eigenvalue weighted by Crippen LogP contribution is -2.38. The van der Waals surface area contributed by atoms with Crippen LogP contribution in [-0.4, -0.2) is 59.0 Å². The van der Waals surface area contributed by atoms with E-state index in [1.54, 1.807) is 14.1 Å². The maximum Gasteiger partial charge on any atom is 0.419 e. The predicted octanol–water partition coefficient (Wildman–Crippen LogP) is 2.36. The van der Waals surface area contributed by atoms with Crippen LogP contribution in [0.15, 0.2) is 18.5 Å². The molecule has 0 saturated carbocycles. The Kier molecular flexibility index (Phi) is 5.36. The minimum Gasteiger partial charge on any atom is -0.357 e. The number of nitrogens with zero attached hydrogens (tertiary/aromatic N) is 3. The molecule has 1 amide bonds. The normalized spacial score (nSPS) is 17.6. The second kappa shape index (κ2) is 7.55. The number of nitrogens with one attached hydrogen (secondary N) is 3. The zero-order chi connectivity index (χ0) is 19.6. The fraction of sp³-hybridized carbons (Fsp3) is 0.471. The molecule has 3 N–H and O–H groups in total. The van der Waals surface area contributed by atoms with Crippen molar-refractivity contribution in [2.24, 2.45) is 0 Å². The number of rotatable bonds is 4. The summed E-state index contributed by atoms with van der Waals surface area (Å²) in [4.78, 5) is 24.0. The van der Waals surface area contributed by atoms with Gasteiger partial charge in [0, 0.05) is 44.6 Å². The van der Waals surface area contributed by atoms with Crippen LogP contribution in [0.4, 0.5) is 19.1 Å². The van der Waals surface area contributed by atoms with Gasteiger partial charge in [0.2, 0.25) is 5.95 Å². The van der Waals surface area contributed by atoms with Crippen LogP contribution < -0.4 is 10.6 Å². The Morgan fingerprint density at radius 1 is 1.37 bits per heavy atom. The maximum atomic E-state index is 13.4. The fourth-order valence-electron chi connectivity index (χ4n) is 2.93. The van der Waals surface area contributed by atoms with Crippen LogP contribution in [0.1, 0.15) is 28.9 Å². The highest BCUT2D eigenvalue weighted by atomic mass is 19.4. The molecule has 0 spiro atoms. The summed E-state index contributed by atoms with van der Waals surface area (Å²) in [6, 6.07) is 1.42. The Bertz CT molecular complexity index is 811. The number of carbonyl (C=O) groups excluding carboxylic acids is 1. The predicted molar refractivity (Wildman–Crippen MR) is 94.4 cm³/mol. The second-order valence-electron chi connectivity index (χ2n) is 6.64. The highest BCUT2D eigenvalue weighted by Crippen LogP contribution is 2.36. The number of carbonyl (C=O) groups is 1. The highest BCUT2D eigenvalue weighted by molar-refractivity contribution is 5.93. The van der Waals surface area contributed by atoms with E-state index in [1.165, 1.54) is 17.2 Å². The van der Waals surface area contributed by atoms with Crippen molar-refractivity contribution < 1.29 is 18.0 Å². The number of H-pyrrole nitrogens is 1. The summed E-state index contributed by atoms with van der Waals surface area (Å²) in [5.41, 5.74) is -0.844. The minimum absolute atomic E-state index is 0.0560. The minimum atomic E-state index is -4.61. The highest BCUT2D eigenvalue weighted by Gasteiger charge is 2.36. The summed E-state index contributed by atoms with van der Waals surface area (Å²) in [6.07, 6.45) is -0.623. The molecule has 3 rings (SSSR count). The van der Waals surface area contributed by atoms with Crippen molar-refractivity contribution in [3.8, 4) is 11.3 Å².